The van der Waals surface area contributed by atoms with Gasteiger partial charge >= 0.3 is 6.01 Å². The van der Waals surface area contributed by atoms with E-state index in [4.69, 9.17) is 16.3 Å². The second-order valence-corrected chi connectivity index (χ2v) is 5.97. The van der Waals surface area contributed by atoms with Crippen molar-refractivity contribution in [3.05, 3.63) is 5.28 Å². The fourth-order valence-corrected chi connectivity index (χ4v) is 2.56. The van der Waals surface area contributed by atoms with E-state index in [2.05, 4.69) is 34.1 Å². The van der Waals surface area contributed by atoms with Crippen LogP contribution in [0.3, 0.4) is 0 Å². The van der Waals surface area contributed by atoms with E-state index in [-0.39, 0.29) is 10.7 Å². The minimum atomic E-state index is 0.166. The van der Waals surface area contributed by atoms with Crippen LogP contribution in [0.5, 0.6) is 6.01 Å². The van der Waals surface area contributed by atoms with Gasteiger partial charge in [-0.05, 0) is 36.3 Å². The number of ether oxygens (including phenoxy) is 1. The third kappa shape index (κ3) is 3.69. The van der Waals surface area contributed by atoms with Crippen molar-refractivity contribution in [3.63, 3.8) is 0 Å². The Labute approximate surface area is 119 Å². The summed E-state index contributed by atoms with van der Waals surface area (Å²) in [5, 5.41) is 3.53. The summed E-state index contributed by atoms with van der Waals surface area (Å²) < 4.78 is 5.41. The highest BCUT2D eigenvalue weighted by atomic mass is 35.5. The third-order valence-corrected chi connectivity index (χ3v) is 3.75. The van der Waals surface area contributed by atoms with Crippen LogP contribution < -0.4 is 10.1 Å². The zero-order valence-corrected chi connectivity index (χ0v) is 12.5. The molecule has 5 nitrogen and oxygen atoms in total. The quantitative estimate of drug-likeness (QED) is 0.899. The topological polar surface area (TPSA) is 59.9 Å². The first-order chi connectivity index (χ1) is 9.01. The maximum atomic E-state index is 5.90. The number of hydrogen-bond acceptors (Lipinski definition) is 5. The van der Waals surface area contributed by atoms with Crippen LogP contribution in [0.25, 0.3) is 0 Å². The van der Waals surface area contributed by atoms with Crippen LogP contribution in [-0.4, -0.2) is 27.6 Å². The lowest BCUT2D eigenvalue weighted by atomic mass is 9.87. The van der Waals surface area contributed by atoms with Crippen molar-refractivity contribution in [3.8, 4) is 6.01 Å². The van der Waals surface area contributed by atoms with Gasteiger partial charge in [-0.3, -0.25) is 0 Å². The van der Waals surface area contributed by atoms with Gasteiger partial charge in [0.25, 0.3) is 0 Å². The first-order valence-electron chi connectivity index (χ1n) is 6.82. The Bertz CT molecular complexity index is 439. The summed E-state index contributed by atoms with van der Waals surface area (Å²) in [5.41, 5.74) is 0.254. The minimum absolute atomic E-state index is 0.166. The number of rotatable bonds is 5. The van der Waals surface area contributed by atoms with E-state index in [1.54, 1.807) is 0 Å². The molecule has 1 aromatic heterocycles. The molecule has 19 heavy (non-hydrogen) atoms. The Morgan fingerprint density at radius 2 is 2.16 bits per heavy atom. The maximum Gasteiger partial charge on any atom is 0.322 e. The molecular weight excluding hydrogens is 264 g/mol. The van der Waals surface area contributed by atoms with Gasteiger partial charge in [-0.25, -0.2) is 0 Å². The predicted octanol–water partition coefficient (Wildman–Crippen LogP) is 3.30. The molecule has 1 heterocycles. The first kappa shape index (κ1) is 14.3. The van der Waals surface area contributed by atoms with E-state index in [0.29, 0.717) is 24.6 Å². The molecule has 1 saturated carbocycles. The molecule has 0 radical (unpaired) electrons. The first-order valence-corrected chi connectivity index (χ1v) is 7.20. The molecule has 1 aliphatic rings. The highest BCUT2D eigenvalue weighted by Crippen LogP contribution is 2.38. The lowest BCUT2D eigenvalue weighted by molar-refractivity contribution is 0.291. The monoisotopic (exact) mass is 284 g/mol. The van der Waals surface area contributed by atoms with Gasteiger partial charge in [-0.15, -0.1) is 0 Å². The molecule has 1 aliphatic carbocycles. The molecule has 0 amide bonds. The van der Waals surface area contributed by atoms with Crippen LogP contribution in [0.4, 0.5) is 5.95 Å². The van der Waals surface area contributed by atoms with Crippen LogP contribution >= 0.6 is 11.6 Å². The van der Waals surface area contributed by atoms with Crippen molar-refractivity contribution in [2.24, 2.45) is 5.41 Å². The van der Waals surface area contributed by atoms with Crippen LogP contribution in [0.15, 0.2) is 0 Å². The van der Waals surface area contributed by atoms with Gasteiger partial charge in [0, 0.05) is 6.04 Å². The Hall–Kier alpha value is -1.10. The Kier molecular flexibility index (Phi) is 4.45. The van der Waals surface area contributed by atoms with Crippen molar-refractivity contribution < 1.29 is 4.74 Å². The van der Waals surface area contributed by atoms with E-state index in [1.165, 1.54) is 12.8 Å². The van der Waals surface area contributed by atoms with Gasteiger partial charge in [0.2, 0.25) is 11.2 Å². The number of aromatic nitrogens is 3. The minimum Gasteiger partial charge on any atom is -0.463 e. The zero-order chi connectivity index (χ0) is 13.9. The standard InChI is InChI=1S/C13H21ClN4O/c1-4-8-19-12-17-10(14)16-11(18-12)15-9-6-5-7-13(9,2)3/h9H,4-8H2,1-3H3,(H,15,16,17,18). The maximum absolute atomic E-state index is 5.90. The molecule has 6 heteroatoms. The number of halogens is 1. The predicted molar refractivity (Wildman–Crippen MR) is 75.7 cm³/mol. The van der Waals surface area contributed by atoms with Crippen LogP contribution in [0.1, 0.15) is 46.5 Å². The van der Waals surface area contributed by atoms with Crippen molar-refractivity contribution in [1.29, 1.82) is 0 Å². The summed E-state index contributed by atoms with van der Waals surface area (Å²) in [5.74, 6) is 0.506. The Morgan fingerprint density at radius 3 is 2.79 bits per heavy atom. The molecule has 1 atom stereocenters. The van der Waals surface area contributed by atoms with E-state index in [9.17, 15) is 0 Å². The zero-order valence-electron chi connectivity index (χ0n) is 11.7. The molecule has 1 N–H and O–H groups in total. The van der Waals surface area contributed by atoms with Crippen LogP contribution in [0, 0.1) is 5.41 Å². The summed E-state index contributed by atoms with van der Waals surface area (Å²) in [6.45, 7) is 7.13. The average Bonchev–Trinajstić information content (AvgIpc) is 2.65. The smallest absolute Gasteiger partial charge is 0.322 e. The lowest BCUT2D eigenvalue weighted by Gasteiger charge is -2.27. The van der Waals surface area contributed by atoms with Crippen LogP contribution in [-0.2, 0) is 0 Å². The summed E-state index contributed by atoms with van der Waals surface area (Å²) >= 11 is 5.90. The summed E-state index contributed by atoms with van der Waals surface area (Å²) in [4.78, 5) is 12.3. The highest BCUT2D eigenvalue weighted by Gasteiger charge is 2.34. The molecule has 1 unspecified atom stereocenters. The average molecular weight is 285 g/mol. The van der Waals surface area contributed by atoms with Gasteiger partial charge in [0.1, 0.15) is 0 Å². The van der Waals surface area contributed by atoms with E-state index < -0.39 is 0 Å². The second-order valence-electron chi connectivity index (χ2n) is 5.64. The van der Waals surface area contributed by atoms with E-state index >= 15 is 0 Å². The normalized spacial score (nSPS) is 21.4. The van der Waals surface area contributed by atoms with E-state index in [1.807, 2.05) is 6.92 Å². The molecule has 0 saturated heterocycles. The van der Waals surface area contributed by atoms with Crippen molar-refractivity contribution in [2.75, 3.05) is 11.9 Å². The molecule has 0 aromatic carbocycles. The van der Waals surface area contributed by atoms with Gasteiger partial charge < -0.3 is 10.1 Å². The molecular formula is C13H21ClN4O. The molecule has 0 aliphatic heterocycles. The second kappa shape index (κ2) is 5.90. The summed E-state index contributed by atoms with van der Waals surface area (Å²) in [7, 11) is 0. The van der Waals surface area contributed by atoms with Crippen LogP contribution in [0.2, 0.25) is 5.28 Å². The summed E-state index contributed by atoms with van der Waals surface area (Å²) in [6, 6.07) is 0.658. The molecule has 2 rings (SSSR count). The SMILES string of the molecule is CCCOc1nc(Cl)nc(NC2CCCC2(C)C)n1. The highest BCUT2D eigenvalue weighted by molar-refractivity contribution is 6.28. The van der Waals surface area contributed by atoms with Gasteiger partial charge in [-0.1, -0.05) is 27.2 Å². The van der Waals surface area contributed by atoms with Crippen molar-refractivity contribution in [1.82, 2.24) is 15.0 Å². The Morgan fingerprint density at radius 1 is 1.37 bits per heavy atom. The fraction of sp³-hybridized carbons (Fsp3) is 0.769. The molecule has 106 valence electrons. The number of anilines is 1. The van der Waals surface area contributed by atoms with E-state index in [0.717, 1.165) is 12.8 Å². The van der Waals surface area contributed by atoms with Crippen molar-refractivity contribution in [2.45, 2.75) is 52.5 Å². The van der Waals surface area contributed by atoms with Gasteiger partial charge in [0.15, 0.2) is 0 Å². The number of nitrogens with one attached hydrogen (secondary N) is 1. The number of nitrogens with zero attached hydrogens (tertiary/aromatic N) is 3. The largest absolute Gasteiger partial charge is 0.463 e. The lowest BCUT2D eigenvalue weighted by Crippen LogP contribution is -2.31. The molecule has 0 bridgehead atoms. The molecule has 1 fully saturated rings. The van der Waals surface area contributed by atoms with Gasteiger partial charge in [0.05, 0.1) is 6.61 Å². The third-order valence-electron chi connectivity index (χ3n) is 3.58. The molecule has 0 spiro atoms. The number of hydrogen-bond donors (Lipinski definition) is 1. The molecule has 1 aromatic rings. The Balaban J connectivity index is 2.09. The van der Waals surface area contributed by atoms with Gasteiger partial charge in [-0.2, -0.15) is 15.0 Å². The fourth-order valence-electron chi connectivity index (χ4n) is 2.40. The summed E-state index contributed by atoms with van der Waals surface area (Å²) in [6.07, 6.45) is 4.47. The van der Waals surface area contributed by atoms with Crippen molar-refractivity contribution >= 4 is 17.5 Å².